The van der Waals surface area contributed by atoms with Gasteiger partial charge in [0.2, 0.25) is 0 Å². The molecule has 0 radical (unpaired) electrons. The average molecular weight is 222 g/mol. The molecular formula is C11H14N2O3. The van der Waals surface area contributed by atoms with E-state index in [-0.39, 0.29) is 12.5 Å². The summed E-state index contributed by atoms with van der Waals surface area (Å²) >= 11 is 0. The van der Waals surface area contributed by atoms with Crippen LogP contribution in [0.2, 0.25) is 0 Å². The zero-order valence-electron chi connectivity index (χ0n) is 8.85. The molecule has 0 spiro atoms. The Kier molecular flexibility index (Phi) is 2.96. The molecule has 0 bridgehead atoms. The number of ether oxygens (including phenoxy) is 1. The van der Waals surface area contributed by atoms with Crippen molar-refractivity contribution >= 4 is 11.6 Å². The van der Waals surface area contributed by atoms with Crippen molar-refractivity contribution in [3.8, 4) is 5.75 Å². The minimum Gasteiger partial charge on any atom is -0.491 e. The fourth-order valence-electron chi connectivity index (χ4n) is 1.71. The fraction of sp³-hybridized carbons (Fsp3) is 0.364. The molecule has 0 fully saturated rings. The van der Waals surface area contributed by atoms with Crippen LogP contribution in [0.15, 0.2) is 18.2 Å². The molecule has 3 N–H and O–H groups in total. The second kappa shape index (κ2) is 4.40. The SMILES string of the molecule is Nc1ccc2c(c1)C(=O)N(CCO)CCO2. The Morgan fingerprint density at radius 1 is 1.50 bits per heavy atom. The maximum Gasteiger partial charge on any atom is 0.257 e. The maximum absolute atomic E-state index is 12.1. The number of anilines is 1. The summed E-state index contributed by atoms with van der Waals surface area (Å²) in [4.78, 5) is 13.6. The molecule has 1 aliphatic heterocycles. The number of benzene rings is 1. The van der Waals surface area contributed by atoms with Crippen molar-refractivity contribution in [2.24, 2.45) is 0 Å². The molecule has 1 aromatic carbocycles. The highest BCUT2D eigenvalue weighted by atomic mass is 16.5. The van der Waals surface area contributed by atoms with Crippen LogP contribution >= 0.6 is 0 Å². The molecule has 0 saturated carbocycles. The van der Waals surface area contributed by atoms with Crippen LogP contribution in [0, 0.1) is 0 Å². The second-order valence-corrected chi connectivity index (χ2v) is 3.62. The quantitative estimate of drug-likeness (QED) is 0.696. The standard InChI is InChI=1S/C11H14N2O3/c12-8-1-2-10-9(7-8)11(15)13(3-5-14)4-6-16-10/h1-2,7,14H,3-6,12H2. The normalized spacial score (nSPS) is 15.3. The number of fused-ring (bicyclic) bond motifs is 1. The third kappa shape index (κ3) is 1.94. The predicted octanol–water partition coefficient (Wildman–Crippen LogP) is 0.0957. The molecule has 1 amide bonds. The number of carbonyl (C=O) groups is 1. The lowest BCUT2D eigenvalue weighted by atomic mass is 10.1. The summed E-state index contributed by atoms with van der Waals surface area (Å²) in [5, 5.41) is 8.87. The van der Waals surface area contributed by atoms with E-state index in [2.05, 4.69) is 0 Å². The van der Waals surface area contributed by atoms with Crippen LogP contribution in [0.3, 0.4) is 0 Å². The second-order valence-electron chi connectivity index (χ2n) is 3.62. The van der Waals surface area contributed by atoms with E-state index in [4.69, 9.17) is 15.6 Å². The number of hydrogen-bond acceptors (Lipinski definition) is 4. The Bertz CT molecular complexity index is 406. The van der Waals surface area contributed by atoms with E-state index >= 15 is 0 Å². The smallest absolute Gasteiger partial charge is 0.257 e. The van der Waals surface area contributed by atoms with Crippen LogP contribution in [0.4, 0.5) is 5.69 Å². The summed E-state index contributed by atoms with van der Waals surface area (Å²) in [7, 11) is 0. The lowest BCUT2D eigenvalue weighted by Crippen LogP contribution is -2.34. The van der Waals surface area contributed by atoms with Crippen molar-refractivity contribution in [2.45, 2.75) is 0 Å². The lowest BCUT2D eigenvalue weighted by Gasteiger charge is -2.18. The molecule has 0 unspecified atom stereocenters. The third-order valence-electron chi connectivity index (χ3n) is 2.51. The molecule has 2 rings (SSSR count). The van der Waals surface area contributed by atoms with E-state index in [0.717, 1.165) is 0 Å². The highest BCUT2D eigenvalue weighted by Gasteiger charge is 2.22. The van der Waals surface area contributed by atoms with Gasteiger partial charge in [0.1, 0.15) is 12.4 Å². The van der Waals surface area contributed by atoms with Gasteiger partial charge in [-0.2, -0.15) is 0 Å². The zero-order chi connectivity index (χ0) is 11.5. The van der Waals surface area contributed by atoms with Gasteiger partial charge >= 0.3 is 0 Å². The molecule has 16 heavy (non-hydrogen) atoms. The van der Waals surface area contributed by atoms with Crippen molar-refractivity contribution in [1.82, 2.24) is 4.90 Å². The molecular weight excluding hydrogens is 208 g/mol. The van der Waals surface area contributed by atoms with Crippen molar-refractivity contribution < 1.29 is 14.6 Å². The summed E-state index contributed by atoms with van der Waals surface area (Å²) in [6.07, 6.45) is 0. The first-order chi connectivity index (χ1) is 7.72. The van der Waals surface area contributed by atoms with Gasteiger partial charge in [0.05, 0.1) is 18.7 Å². The fourth-order valence-corrected chi connectivity index (χ4v) is 1.71. The van der Waals surface area contributed by atoms with E-state index in [1.54, 1.807) is 23.1 Å². The maximum atomic E-state index is 12.1. The van der Waals surface area contributed by atoms with E-state index in [0.29, 0.717) is 36.7 Å². The average Bonchev–Trinajstić information content (AvgIpc) is 2.42. The lowest BCUT2D eigenvalue weighted by molar-refractivity contribution is 0.0721. The minimum absolute atomic E-state index is 0.0522. The highest BCUT2D eigenvalue weighted by molar-refractivity contribution is 5.98. The Balaban J connectivity index is 2.35. The number of nitrogens with two attached hydrogens (primary N) is 1. The van der Waals surface area contributed by atoms with Crippen LogP contribution in [0.5, 0.6) is 5.75 Å². The predicted molar refractivity (Wildman–Crippen MR) is 59.3 cm³/mol. The first-order valence-electron chi connectivity index (χ1n) is 5.15. The van der Waals surface area contributed by atoms with Crippen LogP contribution in [0.25, 0.3) is 0 Å². The summed E-state index contributed by atoms with van der Waals surface area (Å²) in [5.74, 6) is 0.411. The molecule has 5 heteroatoms. The molecule has 5 nitrogen and oxygen atoms in total. The molecule has 1 aromatic rings. The number of aliphatic hydroxyl groups excluding tert-OH is 1. The van der Waals surface area contributed by atoms with Gasteiger partial charge in [0.15, 0.2) is 0 Å². The Labute approximate surface area is 93.4 Å². The molecule has 0 saturated heterocycles. The van der Waals surface area contributed by atoms with E-state index in [9.17, 15) is 4.79 Å². The number of amides is 1. The molecule has 1 aliphatic rings. The number of nitrogens with zero attached hydrogens (tertiary/aromatic N) is 1. The van der Waals surface area contributed by atoms with Gasteiger partial charge < -0.3 is 20.5 Å². The Morgan fingerprint density at radius 2 is 2.31 bits per heavy atom. The van der Waals surface area contributed by atoms with Crippen molar-refractivity contribution in [3.63, 3.8) is 0 Å². The number of rotatable bonds is 2. The topological polar surface area (TPSA) is 75.8 Å². The molecule has 1 heterocycles. The Morgan fingerprint density at radius 3 is 3.06 bits per heavy atom. The molecule has 0 aromatic heterocycles. The van der Waals surface area contributed by atoms with Crippen molar-refractivity contribution in [1.29, 1.82) is 0 Å². The van der Waals surface area contributed by atoms with Gasteiger partial charge in [0, 0.05) is 12.2 Å². The van der Waals surface area contributed by atoms with Gasteiger partial charge in [-0.3, -0.25) is 4.79 Å². The first-order valence-corrected chi connectivity index (χ1v) is 5.15. The summed E-state index contributed by atoms with van der Waals surface area (Å²) < 4.78 is 5.45. The zero-order valence-corrected chi connectivity index (χ0v) is 8.85. The summed E-state index contributed by atoms with van der Waals surface area (Å²) in [6, 6.07) is 5.01. The monoisotopic (exact) mass is 222 g/mol. The minimum atomic E-state index is -0.145. The van der Waals surface area contributed by atoms with Gasteiger partial charge in [0.25, 0.3) is 5.91 Å². The van der Waals surface area contributed by atoms with E-state index < -0.39 is 0 Å². The summed E-state index contributed by atoms with van der Waals surface area (Å²) in [5.41, 5.74) is 6.63. The van der Waals surface area contributed by atoms with Gasteiger partial charge in [-0.25, -0.2) is 0 Å². The number of carbonyl (C=O) groups excluding carboxylic acids is 1. The van der Waals surface area contributed by atoms with Crippen molar-refractivity contribution in [3.05, 3.63) is 23.8 Å². The first kappa shape index (κ1) is 10.8. The molecule has 0 aliphatic carbocycles. The highest BCUT2D eigenvalue weighted by Crippen LogP contribution is 2.25. The van der Waals surface area contributed by atoms with Crippen LogP contribution in [-0.4, -0.2) is 42.2 Å². The van der Waals surface area contributed by atoms with Gasteiger partial charge in [-0.05, 0) is 18.2 Å². The molecule has 86 valence electrons. The Hall–Kier alpha value is -1.75. The van der Waals surface area contributed by atoms with E-state index in [1.807, 2.05) is 0 Å². The number of nitrogen functional groups attached to an aromatic ring is 1. The van der Waals surface area contributed by atoms with Crippen molar-refractivity contribution in [2.75, 3.05) is 32.0 Å². The van der Waals surface area contributed by atoms with Crippen LogP contribution < -0.4 is 10.5 Å². The number of β-amino-alcohol motifs (C(OH)–C–C–N with tert-alkyl or cyclic N) is 1. The van der Waals surface area contributed by atoms with Gasteiger partial charge in [-0.15, -0.1) is 0 Å². The van der Waals surface area contributed by atoms with Gasteiger partial charge in [-0.1, -0.05) is 0 Å². The third-order valence-corrected chi connectivity index (χ3v) is 2.51. The van der Waals surface area contributed by atoms with E-state index in [1.165, 1.54) is 0 Å². The number of hydrogen-bond donors (Lipinski definition) is 2. The largest absolute Gasteiger partial charge is 0.491 e. The molecule has 0 atom stereocenters. The van der Waals surface area contributed by atoms with Crippen LogP contribution in [-0.2, 0) is 0 Å². The summed E-state index contributed by atoms with van der Waals surface area (Å²) in [6.45, 7) is 1.18. The van der Waals surface area contributed by atoms with Crippen LogP contribution in [0.1, 0.15) is 10.4 Å². The number of aliphatic hydroxyl groups is 1.